The molecule has 1 fully saturated rings. The van der Waals surface area contributed by atoms with Gasteiger partial charge in [-0.25, -0.2) is 4.39 Å². The molecule has 1 aliphatic heterocycles. The van der Waals surface area contributed by atoms with Crippen molar-refractivity contribution in [2.24, 2.45) is 0 Å². The van der Waals surface area contributed by atoms with Crippen LogP contribution in [-0.4, -0.2) is 41.5 Å². The number of aryl methyl sites for hydroxylation is 1. The molecular weight excluding hydrogens is 393 g/mol. The molecule has 6 nitrogen and oxygen atoms in total. The van der Waals surface area contributed by atoms with E-state index in [4.69, 9.17) is 16.3 Å². The van der Waals surface area contributed by atoms with Crippen molar-refractivity contribution in [1.29, 1.82) is 0 Å². The number of rotatable bonds is 5. The SMILES string of the molecule is CO[C@H]1CCN(c2cnc3c(C)nnc(N[C@H](C)c4cccc(F)c4Cl)c3c2)C1. The van der Waals surface area contributed by atoms with Gasteiger partial charge in [-0.1, -0.05) is 23.7 Å². The van der Waals surface area contributed by atoms with Crippen LogP contribution in [0.3, 0.4) is 0 Å². The van der Waals surface area contributed by atoms with Crippen LogP contribution in [0.25, 0.3) is 10.9 Å². The lowest BCUT2D eigenvalue weighted by Gasteiger charge is -2.20. The molecule has 1 saturated heterocycles. The minimum atomic E-state index is -0.441. The predicted molar refractivity (Wildman–Crippen MR) is 113 cm³/mol. The number of anilines is 2. The van der Waals surface area contributed by atoms with E-state index in [2.05, 4.69) is 31.5 Å². The second-order valence-electron chi connectivity index (χ2n) is 7.33. The number of nitrogens with zero attached hydrogens (tertiary/aromatic N) is 4. The Labute approximate surface area is 174 Å². The Kier molecular flexibility index (Phi) is 5.52. The highest BCUT2D eigenvalue weighted by Crippen LogP contribution is 2.32. The van der Waals surface area contributed by atoms with Gasteiger partial charge in [-0.2, -0.15) is 5.10 Å². The molecule has 0 radical (unpaired) electrons. The van der Waals surface area contributed by atoms with Gasteiger partial charge in [-0.15, -0.1) is 5.10 Å². The van der Waals surface area contributed by atoms with Crippen molar-refractivity contribution in [1.82, 2.24) is 15.2 Å². The maximum atomic E-state index is 13.9. The molecule has 1 N–H and O–H groups in total. The van der Waals surface area contributed by atoms with Gasteiger partial charge >= 0.3 is 0 Å². The quantitative estimate of drug-likeness (QED) is 0.660. The Balaban J connectivity index is 1.69. The maximum Gasteiger partial charge on any atom is 0.158 e. The van der Waals surface area contributed by atoms with Gasteiger partial charge in [0.2, 0.25) is 0 Å². The van der Waals surface area contributed by atoms with E-state index in [0.29, 0.717) is 11.4 Å². The molecule has 3 aromatic rings. The van der Waals surface area contributed by atoms with Gasteiger partial charge in [-0.3, -0.25) is 4.98 Å². The van der Waals surface area contributed by atoms with Gasteiger partial charge in [-0.05, 0) is 38.0 Å². The summed E-state index contributed by atoms with van der Waals surface area (Å²) in [5.74, 6) is 0.151. The van der Waals surface area contributed by atoms with Crippen molar-refractivity contribution in [3.8, 4) is 0 Å². The van der Waals surface area contributed by atoms with Gasteiger partial charge in [0.1, 0.15) is 5.82 Å². The molecule has 0 amide bonds. The third-order valence-electron chi connectivity index (χ3n) is 5.42. The lowest BCUT2D eigenvalue weighted by atomic mass is 10.1. The van der Waals surface area contributed by atoms with E-state index in [0.717, 1.165) is 41.8 Å². The van der Waals surface area contributed by atoms with Gasteiger partial charge < -0.3 is 15.0 Å². The van der Waals surface area contributed by atoms with Crippen molar-refractivity contribution in [2.45, 2.75) is 32.4 Å². The topological polar surface area (TPSA) is 63.2 Å². The van der Waals surface area contributed by atoms with Crippen LogP contribution in [0.15, 0.2) is 30.5 Å². The number of hydrogen-bond donors (Lipinski definition) is 1. The van der Waals surface area contributed by atoms with Crippen LogP contribution < -0.4 is 10.2 Å². The molecule has 1 aliphatic rings. The van der Waals surface area contributed by atoms with Crippen LogP contribution in [0.2, 0.25) is 5.02 Å². The third kappa shape index (κ3) is 3.84. The first-order chi connectivity index (χ1) is 14.0. The summed E-state index contributed by atoms with van der Waals surface area (Å²) in [6.07, 6.45) is 3.09. The monoisotopic (exact) mass is 415 g/mol. The molecule has 0 saturated carbocycles. The largest absolute Gasteiger partial charge is 0.380 e. The Morgan fingerprint density at radius 3 is 2.93 bits per heavy atom. The Bertz CT molecular complexity index is 1050. The van der Waals surface area contributed by atoms with Crippen LogP contribution in [0.5, 0.6) is 0 Å². The van der Waals surface area contributed by atoms with E-state index in [1.165, 1.54) is 6.07 Å². The minimum absolute atomic E-state index is 0.110. The molecule has 0 bridgehead atoms. The minimum Gasteiger partial charge on any atom is -0.380 e. The third-order valence-corrected chi connectivity index (χ3v) is 5.81. The number of fused-ring (bicyclic) bond motifs is 1. The molecule has 8 heteroatoms. The number of halogens is 2. The fourth-order valence-corrected chi connectivity index (χ4v) is 4.01. The number of methoxy groups -OCH3 is 1. The Hall–Kier alpha value is -2.51. The molecule has 4 rings (SSSR count). The van der Waals surface area contributed by atoms with Crippen LogP contribution in [-0.2, 0) is 4.74 Å². The molecular formula is C21H23ClFN5O. The van der Waals surface area contributed by atoms with E-state index in [1.54, 1.807) is 19.2 Å². The summed E-state index contributed by atoms with van der Waals surface area (Å²) >= 11 is 6.15. The average Bonchev–Trinajstić information content (AvgIpc) is 3.21. The standard InChI is InChI=1S/C21H23ClFN5O/c1-12(16-5-4-6-18(23)19(16)22)25-21-17-9-14(28-8-7-15(11-28)29-3)10-24-20(17)13(2)26-27-21/h4-6,9-10,12,15H,7-8,11H2,1-3H3,(H,25,27)/t12-,15+/m1/s1. The van der Waals surface area contributed by atoms with Crippen LogP contribution in [0.4, 0.5) is 15.9 Å². The predicted octanol–water partition coefficient (Wildman–Crippen LogP) is 4.52. The Morgan fingerprint density at radius 1 is 1.34 bits per heavy atom. The summed E-state index contributed by atoms with van der Waals surface area (Å²) in [5.41, 5.74) is 3.22. The van der Waals surface area contributed by atoms with E-state index < -0.39 is 5.82 Å². The van der Waals surface area contributed by atoms with E-state index in [9.17, 15) is 4.39 Å². The molecule has 0 unspecified atom stereocenters. The number of hydrogen-bond acceptors (Lipinski definition) is 6. The zero-order chi connectivity index (χ0) is 20.5. The first-order valence-electron chi connectivity index (χ1n) is 9.59. The first kappa shape index (κ1) is 19.8. The fourth-order valence-electron chi connectivity index (χ4n) is 3.72. The summed E-state index contributed by atoms with van der Waals surface area (Å²) in [6.45, 7) is 5.55. The van der Waals surface area contributed by atoms with Gasteiger partial charge in [0.15, 0.2) is 5.82 Å². The smallest absolute Gasteiger partial charge is 0.158 e. The second kappa shape index (κ2) is 8.08. The van der Waals surface area contributed by atoms with E-state index in [1.807, 2.05) is 20.0 Å². The fraction of sp³-hybridized carbons (Fsp3) is 0.381. The number of aromatic nitrogens is 3. The highest BCUT2D eigenvalue weighted by Gasteiger charge is 2.23. The van der Waals surface area contributed by atoms with Crippen molar-refractivity contribution >= 4 is 34.0 Å². The van der Waals surface area contributed by atoms with Gasteiger partial charge in [0.05, 0.1) is 40.3 Å². The molecule has 0 aliphatic carbocycles. The lowest BCUT2D eigenvalue weighted by molar-refractivity contribution is 0.121. The first-order valence-corrected chi connectivity index (χ1v) is 9.97. The van der Waals surface area contributed by atoms with Crippen molar-refractivity contribution in [3.05, 3.63) is 52.6 Å². The number of ether oxygens (including phenoxy) is 1. The van der Waals surface area contributed by atoms with Gasteiger partial charge in [0.25, 0.3) is 0 Å². The normalized spacial score (nSPS) is 17.7. The number of nitrogens with one attached hydrogen (secondary N) is 1. The summed E-state index contributed by atoms with van der Waals surface area (Å²) in [5, 5.41) is 12.9. The maximum absolute atomic E-state index is 13.9. The molecule has 2 aromatic heterocycles. The summed E-state index contributed by atoms with van der Waals surface area (Å²) in [4.78, 5) is 6.89. The van der Waals surface area contributed by atoms with Crippen molar-refractivity contribution in [3.63, 3.8) is 0 Å². The summed E-state index contributed by atoms with van der Waals surface area (Å²) in [6, 6.07) is 6.61. The molecule has 2 atom stereocenters. The average molecular weight is 416 g/mol. The molecule has 1 aromatic carbocycles. The highest BCUT2D eigenvalue weighted by molar-refractivity contribution is 6.31. The zero-order valence-corrected chi connectivity index (χ0v) is 17.4. The van der Waals surface area contributed by atoms with E-state index >= 15 is 0 Å². The number of benzene rings is 1. The van der Waals surface area contributed by atoms with Crippen molar-refractivity contribution in [2.75, 3.05) is 30.4 Å². The molecule has 29 heavy (non-hydrogen) atoms. The van der Waals surface area contributed by atoms with E-state index in [-0.39, 0.29) is 17.2 Å². The molecule has 3 heterocycles. The second-order valence-corrected chi connectivity index (χ2v) is 7.70. The van der Waals surface area contributed by atoms with Gasteiger partial charge in [0, 0.05) is 25.6 Å². The van der Waals surface area contributed by atoms with Crippen LogP contribution >= 0.6 is 11.6 Å². The molecule has 0 spiro atoms. The summed E-state index contributed by atoms with van der Waals surface area (Å²) in [7, 11) is 1.74. The van der Waals surface area contributed by atoms with Crippen LogP contribution in [0.1, 0.15) is 30.6 Å². The zero-order valence-electron chi connectivity index (χ0n) is 16.6. The van der Waals surface area contributed by atoms with Crippen LogP contribution in [0, 0.1) is 12.7 Å². The summed E-state index contributed by atoms with van der Waals surface area (Å²) < 4.78 is 19.3. The lowest BCUT2D eigenvalue weighted by Crippen LogP contribution is -2.22. The number of pyridine rings is 1. The van der Waals surface area contributed by atoms with Crippen molar-refractivity contribution < 1.29 is 9.13 Å². The molecule has 152 valence electrons. The highest BCUT2D eigenvalue weighted by atomic mass is 35.5. The Morgan fingerprint density at radius 2 is 2.17 bits per heavy atom.